The molecule has 112 valence electrons. The maximum atomic E-state index is 5.45. The van der Waals surface area contributed by atoms with Crippen LogP contribution in [0.4, 0.5) is 0 Å². The lowest BCUT2D eigenvalue weighted by Gasteiger charge is -2.16. The van der Waals surface area contributed by atoms with Crippen molar-refractivity contribution in [2.45, 2.75) is 33.2 Å². The molecule has 2 aromatic carbocycles. The molecule has 0 heterocycles. The van der Waals surface area contributed by atoms with Gasteiger partial charge in [0.15, 0.2) is 0 Å². The third-order valence-corrected chi connectivity index (χ3v) is 4.04. The summed E-state index contributed by atoms with van der Waals surface area (Å²) in [6.07, 6.45) is 1.08. The Morgan fingerprint density at radius 3 is 2.24 bits per heavy atom. The SMILES string of the molecule is CCC(NC)c1cccc(-c2cc(C)c(OC)c(C)c2)c1. The van der Waals surface area contributed by atoms with E-state index >= 15 is 0 Å². The van der Waals surface area contributed by atoms with E-state index in [0.717, 1.165) is 12.2 Å². The Labute approximate surface area is 128 Å². The van der Waals surface area contributed by atoms with Gasteiger partial charge in [-0.2, -0.15) is 0 Å². The molecule has 2 rings (SSSR count). The summed E-state index contributed by atoms with van der Waals surface area (Å²) in [5.41, 5.74) is 6.20. The summed E-state index contributed by atoms with van der Waals surface area (Å²) >= 11 is 0. The first kappa shape index (κ1) is 15.6. The van der Waals surface area contributed by atoms with E-state index in [9.17, 15) is 0 Å². The Hall–Kier alpha value is -1.80. The lowest BCUT2D eigenvalue weighted by molar-refractivity contribution is 0.408. The molecule has 2 aromatic rings. The monoisotopic (exact) mass is 283 g/mol. The fourth-order valence-electron chi connectivity index (χ4n) is 2.98. The Kier molecular flexibility index (Phi) is 5.03. The fraction of sp³-hybridized carbons (Fsp3) is 0.368. The molecule has 0 saturated heterocycles. The highest BCUT2D eigenvalue weighted by Gasteiger charge is 2.10. The van der Waals surface area contributed by atoms with E-state index in [4.69, 9.17) is 4.74 Å². The van der Waals surface area contributed by atoms with E-state index in [-0.39, 0.29) is 0 Å². The zero-order valence-electron chi connectivity index (χ0n) is 13.7. The largest absolute Gasteiger partial charge is 0.496 e. The normalized spacial score (nSPS) is 12.2. The van der Waals surface area contributed by atoms with E-state index < -0.39 is 0 Å². The van der Waals surface area contributed by atoms with Gasteiger partial charge in [0.25, 0.3) is 0 Å². The Bertz CT molecular complexity index is 592. The molecule has 0 amide bonds. The highest BCUT2D eigenvalue weighted by atomic mass is 16.5. The first-order chi connectivity index (χ1) is 10.1. The standard InChI is InChI=1S/C19H25NO/c1-6-18(20-4)16-9-7-8-15(12-16)17-10-13(2)19(21-5)14(3)11-17/h7-12,18,20H,6H2,1-5H3. The van der Waals surface area contributed by atoms with Crippen molar-refractivity contribution in [1.82, 2.24) is 5.32 Å². The molecule has 1 N–H and O–H groups in total. The smallest absolute Gasteiger partial charge is 0.124 e. The van der Waals surface area contributed by atoms with Crippen LogP contribution in [0.5, 0.6) is 5.75 Å². The van der Waals surface area contributed by atoms with Crippen LogP contribution < -0.4 is 10.1 Å². The second kappa shape index (κ2) is 6.77. The van der Waals surface area contributed by atoms with Gasteiger partial charge in [0.1, 0.15) is 5.75 Å². The summed E-state index contributed by atoms with van der Waals surface area (Å²) in [6, 6.07) is 13.6. The van der Waals surface area contributed by atoms with Crippen LogP contribution >= 0.6 is 0 Å². The minimum Gasteiger partial charge on any atom is -0.496 e. The maximum absolute atomic E-state index is 5.45. The topological polar surface area (TPSA) is 21.3 Å². The molecular formula is C19H25NO. The first-order valence-corrected chi connectivity index (χ1v) is 7.53. The molecule has 1 unspecified atom stereocenters. The zero-order chi connectivity index (χ0) is 15.4. The summed E-state index contributed by atoms with van der Waals surface area (Å²) in [6.45, 7) is 6.40. The molecule has 0 spiro atoms. The Morgan fingerprint density at radius 1 is 1.05 bits per heavy atom. The number of benzene rings is 2. The first-order valence-electron chi connectivity index (χ1n) is 7.53. The molecule has 2 heteroatoms. The van der Waals surface area contributed by atoms with Gasteiger partial charge in [0.05, 0.1) is 7.11 Å². The van der Waals surface area contributed by atoms with Crippen LogP contribution in [0.1, 0.15) is 36.1 Å². The maximum Gasteiger partial charge on any atom is 0.124 e. The van der Waals surface area contributed by atoms with Gasteiger partial charge in [-0.15, -0.1) is 0 Å². The van der Waals surface area contributed by atoms with Crippen molar-refractivity contribution in [3.63, 3.8) is 0 Å². The van der Waals surface area contributed by atoms with Crippen molar-refractivity contribution in [2.24, 2.45) is 0 Å². The molecule has 0 fully saturated rings. The van der Waals surface area contributed by atoms with Gasteiger partial charge in [-0.3, -0.25) is 0 Å². The summed E-state index contributed by atoms with van der Waals surface area (Å²) in [5, 5.41) is 3.37. The molecule has 0 radical (unpaired) electrons. The molecule has 0 aliphatic heterocycles. The van der Waals surface area contributed by atoms with E-state index in [1.54, 1.807) is 7.11 Å². The summed E-state index contributed by atoms with van der Waals surface area (Å²) < 4.78 is 5.45. The fourth-order valence-corrected chi connectivity index (χ4v) is 2.98. The van der Waals surface area contributed by atoms with Crippen molar-refractivity contribution in [3.8, 4) is 16.9 Å². The zero-order valence-corrected chi connectivity index (χ0v) is 13.7. The Morgan fingerprint density at radius 2 is 1.71 bits per heavy atom. The van der Waals surface area contributed by atoms with Crippen molar-refractivity contribution >= 4 is 0 Å². The van der Waals surface area contributed by atoms with Crippen LogP contribution in [0.25, 0.3) is 11.1 Å². The van der Waals surface area contributed by atoms with Gasteiger partial charge >= 0.3 is 0 Å². The van der Waals surface area contributed by atoms with Crippen molar-refractivity contribution in [1.29, 1.82) is 0 Å². The van der Waals surface area contributed by atoms with Gasteiger partial charge < -0.3 is 10.1 Å². The van der Waals surface area contributed by atoms with Crippen molar-refractivity contribution in [3.05, 3.63) is 53.1 Å². The second-order valence-electron chi connectivity index (χ2n) is 5.52. The average molecular weight is 283 g/mol. The Balaban J connectivity index is 2.45. The van der Waals surface area contributed by atoms with Crippen LogP contribution in [-0.4, -0.2) is 14.2 Å². The number of ether oxygens (including phenoxy) is 1. The predicted molar refractivity (Wildman–Crippen MR) is 90.0 cm³/mol. The lowest BCUT2D eigenvalue weighted by atomic mass is 9.96. The van der Waals surface area contributed by atoms with Crippen LogP contribution in [0.3, 0.4) is 0 Å². The van der Waals surface area contributed by atoms with E-state index in [2.05, 4.69) is 62.5 Å². The summed E-state index contributed by atoms with van der Waals surface area (Å²) in [5.74, 6) is 0.983. The molecular weight excluding hydrogens is 258 g/mol. The third-order valence-electron chi connectivity index (χ3n) is 4.04. The minimum absolute atomic E-state index is 0.408. The third kappa shape index (κ3) is 3.27. The van der Waals surface area contributed by atoms with Gasteiger partial charge in [0, 0.05) is 6.04 Å². The molecule has 0 bridgehead atoms. The lowest BCUT2D eigenvalue weighted by Crippen LogP contribution is -2.15. The quantitative estimate of drug-likeness (QED) is 0.862. The van der Waals surface area contributed by atoms with E-state index in [1.165, 1.54) is 27.8 Å². The van der Waals surface area contributed by atoms with Crippen LogP contribution in [0.15, 0.2) is 36.4 Å². The summed E-state index contributed by atoms with van der Waals surface area (Å²) in [7, 11) is 3.75. The number of hydrogen-bond acceptors (Lipinski definition) is 2. The van der Waals surface area contributed by atoms with Crippen molar-refractivity contribution < 1.29 is 4.74 Å². The molecule has 0 aromatic heterocycles. The van der Waals surface area contributed by atoms with Gasteiger partial charge in [0.2, 0.25) is 0 Å². The van der Waals surface area contributed by atoms with Gasteiger partial charge in [-0.25, -0.2) is 0 Å². The molecule has 2 nitrogen and oxygen atoms in total. The number of aryl methyl sites for hydroxylation is 2. The van der Waals surface area contributed by atoms with Crippen LogP contribution in [-0.2, 0) is 0 Å². The van der Waals surface area contributed by atoms with Gasteiger partial charge in [-0.05, 0) is 73.3 Å². The number of methoxy groups -OCH3 is 1. The number of nitrogens with one attached hydrogen (secondary N) is 1. The van der Waals surface area contributed by atoms with E-state index in [1.807, 2.05) is 7.05 Å². The van der Waals surface area contributed by atoms with E-state index in [0.29, 0.717) is 6.04 Å². The highest BCUT2D eigenvalue weighted by molar-refractivity contribution is 5.68. The molecule has 21 heavy (non-hydrogen) atoms. The molecule has 1 atom stereocenters. The molecule has 0 aliphatic rings. The number of hydrogen-bond donors (Lipinski definition) is 1. The van der Waals surface area contributed by atoms with Crippen LogP contribution in [0, 0.1) is 13.8 Å². The number of rotatable bonds is 5. The highest BCUT2D eigenvalue weighted by Crippen LogP contribution is 2.31. The average Bonchev–Trinajstić information content (AvgIpc) is 2.48. The predicted octanol–water partition coefficient (Wildman–Crippen LogP) is 4.65. The van der Waals surface area contributed by atoms with Crippen molar-refractivity contribution in [2.75, 3.05) is 14.2 Å². The van der Waals surface area contributed by atoms with Gasteiger partial charge in [-0.1, -0.05) is 25.1 Å². The minimum atomic E-state index is 0.408. The second-order valence-corrected chi connectivity index (χ2v) is 5.52. The molecule has 0 aliphatic carbocycles. The molecule has 0 saturated carbocycles. The van der Waals surface area contributed by atoms with Crippen LogP contribution in [0.2, 0.25) is 0 Å². The summed E-state index contributed by atoms with van der Waals surface area (Å²) in [4.78, 5) is 0.